The molecule has 2 aromatic carbocycles. The maximum Gasteiger partial charge on any atom is 0.258 e. The molecule has 20 heavy (non-hydrogen) atoms. The number of nitrogens with zero attached hydrogens (tertiary/aromatic N) is 1. The summed E-state index contributed by atoms with van der Waals surface area (Å²) in [6.45, 7) is 2.71. The largest absolute Gasteiger partial charge is 0.329 e. The first-order valence-corrected chi connectivity index (χ1v) is 6.46. The van der Waals surface area contributed by atoms with E-state index in [1.807, 2.05) is 31.2 Å². The van der Waals surface area contributed by atoms with Crippen LogP contribution in [0.25, 0.3) is 0 Å². The van der Waals surface area contributed by atoms with E-state index in [2.05, 4.69) is 0 Å². The molecule has 0 saturated carbocycles. The van der Waals surface area contributed by atoms with Gasteiger partial charge in [0.25, 0.3) is 5.91 Å². The summed E-state index contributed by atoms with van der Waals surface area (Å²) in [6, 6.07) is 13.3. The Bertz CT molecular complexity index is 596. The molecule has 0 aliphatic carbocycles. The third kappa shape index (κ3) is 3.22. The van der Waals surface area contributed by atoms with Crippen LogP contribution in [0.5, 0.6) is 0 Å². The predicted octanol–water partition coefficient (Wildman–Crippen LogP) is 2.74. The number of carbonyl (C=O) groups excluding carboxylic acids is 1. The maximum atomic E-state index is 13.2. The van der Waals surface area contributed by atoms with E-state index < -0.39 is 5.82 Å². The van der Waals surface area contributed by atoms with E-state index in [0.29, 0.717) is 18.7 Å². The van der Waals surface area contributed by atoms with Gasteiger partial charge in [-0.3, -0.25) is 4.79 Å². The van der Waals surface area contributed by atoms with Crippen molar-refractivity contribution in [2.45, 2.75) is 6.92 Å². The SMILES string of the molecule is Cc1ccc(N(CCN)C(=O)c2cccc(F)c2)cc1. The van der Waals surface area contributed by atoms with Gasteiger partial charge >= 0.3 is 0 Å². The number of amides is 1. The van der Waals surface area contributed by atoms with E-state index in [1.165, 1.54) is 18.2 Å². The van der Waals surface area contributed by atoms with Crippen molar-refractivity contribution in [3.05, 3.63) is 65.5 Å². The molecule has 0 aliphatic rings. The third-order valence-electron chi connectivity index (χ3n) is 3.02. The molecule has 3 nitrogen and oxygen atoms in total. The van der Waals surface area contributed by atoms with Gasteiger partial charge in [0.05, 0.1) is 0 Å². The maximum absolute atomic E-state index is 13.2. The van der Waals surface area contributed by atoms with Crippen LogP contribution in [0.4, 0.5) is 10.1 Å². The van der Waals surface area contributed by atoms with Crippen molar-refractivity contribution in [2.24, 2.45) is 5.73 Å². The fourth-order valence-electron chi connectivity index (χ4n) is 1.98. The Morgan fingerprint density at radius 3 is 2.50 bits per heavy atom. The number of benzene rings is 2. The number of halogens is 1. The van der Waals surface area contributed by atoms with Crippen LogP contribution >= 0.6 is 0 Å². The number of nitrogens with two attached hydrogens (primary N) is 1. The van der Waals surface area contributed by atoms with Crippen molar-refractivity contribution in [3.8, 4) is 0 Å². The fourth-order valence-corrected chi connectivity index (χ4v) is 1.98. The average Bonchev–Trinajstić information content (AvgIpc) is 2.45. The lowest BCUT2D eigenvalue weighted by atomic mass is 10.1. The van der Waals surface area contributed by atoms with Crippen molar-refractivity contribution in [3.63, 3.8) is 0 Å². The summed E-state index contributed by atoms with van der Waals surface area (Å²) >= 11 is 0. The van der Waals surface area contributed by atoms with E-state index in [4.69, 9.17) is 5.73 Å². The second kappa shape index (κ2) is 6.30. The third-order valence-corrected chi connectivity index (χ3v) is 3.02. The normalized spacial score (nSPS) is 10.3. The van der Waals surface area contributed by atoms with Gasteiger partial charge in [-0.15, -0.1) is 0 Å². The Morgan fingerprint density at radius 2 is 1.90 bits per heavy atom. The first-order chi connectivity index (χ1) is 9.61. The summed E-state index contributed by atoms with van der Waals surface area (Å²) < 4.78 is 13.2. The van der Waals surface area contributed by atoms with Gasteiger partial charge in [-0.25, -0.2) is 4.39 Å². The van der Waals surface area contributed by atoms with Crippen LogP contribution in [0.2, 0.25) is 0 Å². The van der Waals surface area contributed by atoms with Crippen LogP contribution in [-0.2, 0) is 0 Å². The Hall–Kier alpha value is -2.20. The second-order valence-corrected chi connectivity index (χ2v) is 4.59. The molecule has 0 saturated heterocycles. The Labute approximate surface area is 117 Å². The summed E-state index contributed by atoms with van der Waals surface area (Å²) in [6.07, 6.45) is 0. The number of hydrogen-bond donors (Lipinski definition) is 1. The summed E-state index contributed by atoms with van der Waals surface area (Å²) in [5, 5.41) is 0. The Kier molecular flexibility index (Phi) is 4.48. The van der Waals surface area contributed by atoms with Crippen LogP contribution in [-0.4, -0.2) is 19.0 Å². The molecule has 0 radical (unpaired) electrons. The zero-order chi connectivity index (χ0) is 14.5. The molecule has 104 valence electrons. The molecule has 2 rings (SSSR count). The zero-order valence-electron chi connectivity index (χ0n) is 11.3. The highest BCUT2D eigenvalue weighted by molar-refractivity contribution is 6.06. The van der Waals surface area contributed by atoms with E-state index >= 15 is 0 Å². The van der Waals surface area contributed by atoms with Crippen molar-refractivity contribution < 1.29 is 9.18 Å². The lowest BCUT2D eigenvalue weighted by Crippen LogP contribution is -2.35. The van der Waals surface area contributed by atoms with Crippen LogP contribution in [0, 0.1) is 12.7 Å². The molecular weight excluding hydrogens is 255 g/mol. The lowest BCUT2D eigenvalue weighted by molar-refractivity contribution is 0.0987. The Morgan fingerprint density at radius 1 is 1.20 bits per heavy atom. The van der Waals surface area contributed by atoms with Gasteiger partial charge in [0, 0.05) is 24.3 Å². The molecule has 1 amide bonds. The van der Waals surface area contributed by atoms with Crippen molar-refractivity contribution >= 4 is 11.6 Å². The van der Waals surface area contributed by atoms with Gasteiger partial charge in [0.1, 0.15) is 5.82 Å². The van der Waals surface area contributed by atoms with Gasteiger partial charge in [0.15, 0.2) is 0 Å². The number of hydrogen-bond acceptors (Lipinski definition) is 2. The molecule has 0 atom stereocenters. The molecule has 0 unspecified atom stereocenters. The minimum atomic E-state index is -0.424. The smallest absolute Gasteiger partial charge is 0.258 e. The molecule has 0 aliphatic heterocycles. The van der Waals surface area contributed by atoms with Crippen LogP contribution < -0.4 is 10.6 Å². The first kappa shape index (κ1) is 14.2. The molecule has 2 aromatic rings. The Balaban J connectivity index is 2.33. The van der Waals surface area contributed by atoms with Crippen LogP contribution in [0.3, 0.4) is 0 Å². The number of carbonyl (C=O) groups is 1. The standard InChI is InChI=1S/C16H17FN2O/c1-12-5-7-15(8-6-12)19(10-9-18)16(20)13-3-2-4-14(17)11-13/h2-8,11H,9-10,18H2,1H3. The minimum Gasteiger partial charge on any atom is -0.329 e. The topological polar surface area (TPSA) is 46.3 Å². The van der Waals surface area contributed by atoms with E-state index in [-0.39, 0.29) is 5.91 Å². The number of anilines is 1. The van der Waals surface area contributed by atoms with E-state index in [0.717, 1.165) is 11.3 Å². The van der Waals surface area contributed by atoms with Crippen LogP contribution in [0.1, 0.15) is 15.9 Å². The molecule has 2 N–H and O–H groups in total. The summed E-state index contributed by atoms with van der Waals surface area (Å²) in [5.74, 6) is -0.675. The van der Waals surface area contributed by atoms with Crippen molar-refractivity contribution in [1.29, 1.82) is 0 Å². The van der Waals surface area contributed by atoms with Gasteiger partial charge in [-0.05, 0) is 37.3 Å². The molecule has 0 aromatic heterocycles. The van der Waals surface area contributed by atoms with Crippen molar-refractivity contribution in [1.82, 2.24) is 0 Å². The van der Waals surface area contributed by atoms with Crippen molar-refractivity contribution in [2.75, 3.05) is 18.0 Å². The monoisotopic (exact) mass is 272 g/mol. The van der Waals surface area contributed by atoms with E-state index in [1.54, 1.807) is 11.0 Å². The average molecular weight is 272 g/mol. The zero-order valence-corrected chi connectivity index (χ0v) is 11.3. The van der Waals surface area contributed by atoms with Crippen LogP contribution in [0.15, 0.2) is 48.5 Å². The van der Waals surface area contributed by atoms with Gasteiger partial charge < -0.3 is 10.6 Å². The summed E-state index contributed by atoms with van der Waals surface area (Å²) in [7, 11) is 0. The van der Waals surface area contributed by atoms with Gasteiger partial charge in [0.2, 0.25) is 0 Å². The summed E-state index contributed by atoms with van der Waals surface area (Å²) in [5.41, 5.74) is 7.76. The lowest BCUT2D eigenvalue weighted by Gasteiger charge is -2.22. The second-order valence-electron chi connectivity index (χ2n) is 4.59. The van der Waals surface area contributed by atoms with Gasteiger partial charge in [-0.2, -0.15) is 0 Å². The molecule has 4 heteroatoms. The molecule has 0 bridgehead atoms. The molecule has 0 heterocycles. The highest BCUT2D eigenvalue weighted by Crippen LogP contribution is 2.18. The molecular formula is C16H17FN2O. The van der Waals surface area contributed by atoms with E-state index in [9.17, 15) is 9.18 Å². The highest BCUT2D eigenvalue weighted by Gasteiger charge is 2.17. The summed E-state index contributed by atoms with van der Waals surface area (Å²) in [4.78, 5) is 14.0. The first-order valence-electron chi connectivity index (χ1n) is 6.46. The minimum absolute atomic E-state index is 0.251. The highest BCUT2D eigenvalue weighted by atomic mass is 19.1. The van der Waals surface area contributed by atoms with Gasteiger partial charge in [-0.1, -0.05) is 23.8 Å². The number of aryl methyl sites for hydroxylation is 1. The fraction of sp³-hybridized carbons (Fsp3) is 0.188. The predicted molar refractivity (Wildman–Crippen MR) is 78.3 cm³/mol. The molecule has 0 spiro atoms. The molecule has 0 fully saturated rings. The number of rotatable bonds is 4. The quantitative estimate of drug-likeness (QED) is 0.930.